The molecule has 0 saturated carbocycles. The van der Waals surface area contributed by atoms with Crippen molar-refractivity contribution in [1.82, 2.24) is 14.9 Å². The number of rotatable bonds is 2. The average Bonchev–Trinajstić information content (AvgIpc) is 2.99. The van der Waals surface area contributed by atoms with Crippen LogP contribution in [0.3, 0.4) is 0 Å². The molecule has 8 heteroatoms. The van der Waals surface area contributed by atoms with Crippen LogP contribution in [-0.4, -0.2) is 47.0 Å². The van der Waals surface area contributed by atoms with Gasteiger partial charge in [-0.25, -0.2) is 4.98 Å². The van der Waals surface area contributed by atoms with Gasteiger partial charge in [0.05, 0.1) is 16.6 Å². The van der Waals surface area contributed by atoms with Crippen LogP contribution < -0.4 is 10.5 Å². The molecule has 3 heterocycles. The molecule has 26 heavy (non-hydrogen) atoms. The minimum Gasteiger partial charge on any atom is -0.368 e. The van der Waals surface area contributed by atoms with Crippen LogP contribution in [0.4, 0.5) is 5.69 Å². The maximum Gasteiger partial charge on any atom is 0.264 e. The first-order valence-corrected chi connectivity index (χ1v) is 9.50. The van der Waals surface area contributed by atoms with Crippen molar-refractivity contribution in [1.29, 1.82) is 0 Å². The van der Waals surface area contributed by atoms with E-state index in [9.17, 15) is 9.59 Å². The highest BCUT2D eigenvalue weighted by Gasteiger charge is 2.26. The number of halogens is 1. The van der Waals surface area contributed by atoms with Crippen molar-refractivity contribution in [2.45, 2.75) is 6.92 Å². The number of carbonyl (C=O) groups is 1. The molecule has 0 atom stereocenters. The molecule has 134 valence electrons. The predicted octanol–water partition coefficient (Wildman–Crippen LogP) is 2.91. The van der Waals surface area contributed by atoms with E-state index in [0.717, 1.165) is 18.8 Å². The number of piperazine rings is 1. The summed E-state index contributed by atoms with van der Waals surface area (Å²) in [5, 5.41) is 1.22. The van der Waals surface area contributed by atoms with Gasteiger partial charge in [0.15, 0.2) is 0 Å². The van der Waals surface area contributed by atoms with Gasteiger partial charge in [-0.15, -0.1) is 11.3 Å². The minimum absolute atomic E-state index is 0.0318. The van der Waals surface area contributed by atoms with E-state index in [1.165, 1.54) is 17.7 Å². The molecule has 1 aliphatic rings. The van der Waals surface area contributed by atoms with Gasteiger partial charge in [0, 0.05) is 36.9 Å². The van der Waals surface area contributed by atoms with Crippen LogP contribution in [0.15, 0.2) is 35.4 Å². The van der Waals surface area contributed by atoms with Crippen LogP contribution in [0, 0.1) is 6.92 Å². The topological polar surface area (TPSA) is 69.3 Å². The van der Waals surface area contributed by atoms with Crippen LogP contribution in [0.5, 0.6) is 0 Å². The molecule has 0 bridgehead atoms. The van der Waals surface area contributed by atoms with Crippen molar-refractivity contribution in [2.24, 2.45) is 0 Å². The second-order valence-electron chi connectivity index (χ2n) is 6.23. The van der Waals surface area contributed by atoms with Crippen molar-refractivity contribution < 1.29 is 4.79 Å². The summed E-state index contributed by atoms with van der Waals surface area (Å²) in [4.78, 5) is 37.0. The molecule has 0 unspecified atom stereocenters. The maximum absolute atomic E-state index is 13.0. The molecule has 2 aromatic heterocycles. The van der Waals surface area contributed by atoms with Gasteiger partial charge in [-0.3, -0.25) is 9.59 Å². The molecule has 0 aliphatic carbocycles. The summed E-state index contributed by atoms with van der Waals surface area (Å²) in [7, 11) is 0. The summed E-state index contributed by atoms with van der Waals surface area (Å²) < 4.78 is 0. The third-order valence-corrected chi connectivity index (χ3v) is 6.09. The summed E-state index contributed by atoms with van der Waals surface area (Å²) in [6.07, 6.45) is 1.37. The van der Waals surface area contributed by atoms with E-state index in [0.29, 0.717) is 38.8 Å². The predicted molar refractivity (Wildman–Crippen MR) is 105 cm³/mol. The van der Waals surface area contributed by atoms with E-state index < -0.39 is 0 Å². The van der Waals surface area contributed by atoms with Gasteiger partial charge in [-0.05, 0) is 30.7 Å². The van der Waals surface area contributed by atoms with E-state index in [1.807, 2.05) is 36.1 Å². The molecular formula is C18H17ClN4O2S. The smallest absolute Gasteiger partial charge is 0.264 e. The van der Waals surface area contributed by atoms with Crippen molar-refractivity contribution in [3.63, 3.8) is 0 Å². The first-order valence-electron chi connectivity index (χ1n) is 8.31. The van der Waals surface area contributed by atoms with Gasteiger partial charge in [-0.2, -0.15) is 0 Å². The summed E-state index contributed by atoms with van der Waals surface area (Å²) in [5.41, 5.74) is 1.58. The average molecular weight is 389 g/mol. The van der Waals surface area contributed by atoms with E-state index in [4.69, 9.17) is 11.6 Å². The molecule has 3 aromatic rings. The highest BCUT2D eigenvalue weighted by atomic mass is 35.5. The van der Waals surface area contributed by atoms with Crippen LogP contribution in [-0.2, 0) is 0 Å². The third-order valence-electron chi connectivity index (χ3n) is 4.67. The number of nitrogens with zero attached hydrogens (tertiary/aromatic N) is 3. The highest BCUT2D eigenvalue weighted by Crippen LogP contribution is 2.28. The number of hydrogen-bond donors (Lipinski definition) is 1. The van der Waals surface area contributed by atoms with Gasteiger partial charge in [0.2, 0.25) is 0 Å². The summed E-state index contributed by atoms with van der Waals surface area (Å²) in [5.74, 6) is -0.0318. The summed E-state index contributed by atoms with van der Waals surface area (Å²) >= 11 is 7.35. The fourth-order valence-corrected chi connectivity index (χ4v) is 4.57. The van der Waals surface area contributed by atoms with E-state index >= 15 is 0 Å². The number of aryl methyl sites for hydroxylation is 1. The number of aromatic nitrogens is 2. The zero-order chi connectivity index (χ0) is 18.3. The molecule has 0 radical (unpaired) electrons. The molecule has 1 amide bonds. The lowest BCUT2D eigenvalue weighted by Crippen LogP contribution is -2.48. The fourth-order valence-electron chi connectivity index (χ4n) is 3.27. The lowest BCUT2D eigenvalue weighted by Gasteiger charge is -2.36. The zero-order valence-corrected chi connectivity index (χ0v) is 15.7. The quantitative estimate of drug-likeness (QED) is 0.732. The Kier molecular flexibility index (Phi) is 4.42. The number of amides is 1. The number of H-pyrrole nitrogens is 1. The molecule has 0 spiro atoms. The lowest BCUT2D eigenvalue weighted by molar-refractivity contribution is 0.0751. The van der Waals surface area contributed by atoms with Crippen LogP contribution in [0.25, 0.3) is 10.2 Å². The van der Waals surface area contributed by atoms with E-state index in [2.05, 4.69) is 14.9 Å². The van der Waals surface area contributed by atoms with Gasteiger partial charge in [0.25, 0.3) is 11.5 Å². The number of fused-ring (bicyclic) bond motifs is 1. The molecule has 1 saturated heterocycles. The molecular weight excluding hydrogens is 372 g/mol. The van der Waals surface area contributed by atoms with Gasteiger partial charge in [0.1, 0.15) is 4.83 Å². The van der Waals surface area contributed by atoms with Crippen molar-refractivity contribution in [3.8, 4) is 0 Å². The standard InChI is InChI=1S/C18H17ClN4O2S/c1-11-14-16(24)20-10-21-17(14)26-15(11)18(25)23-7-5-22(6-8-23)13-4-2-3-12(19)9-13/h2-4,9-10H,5-8H2,1H3,(H,20,21,24). The fraction of sp³-hybridized carbons (Fsp3) is 0.278. The second-order valence-corrected chi connectivity index (χ2v) is 7.66. The Balaban J connectivity index is 1.53. The monoisotopic (exact) mass is 388 g/mol. The van der Waals surface area contributed by atoms with Crippen molar-refractivity contribution >= 4 is 44.7 Å². The number of benzene rings is 1. The molecule has 1 aromatic carbocycles. The van der Waals surface area contributed by atoms with E-state index in [1.54, 1.807) is 0 Å². The number of thiophene rings is 1. The first-order chi connectivity index (χ1) is 12.5. The van der Waals surface area contributed by atoms with Crippen molar-refractivity contribution in [3.05, 3.63) is 56.4 Å². The molecule has 1 fully saturated rings. The Hall–Kier alpha value is -2.38. The Labute approximate surface area is 159 Å². The second kappa shape index (κ2) is 6.74. The van der Waals surface area contributed by atoms with Crippen molar-refractivity contribution in [2.75, 3.05) is 31.1 Å². The molecule has 4 rings (SSSR count). The first kappa shape index (κ1) is 17.1. The molecule has 6 nitrogen and oxygen atoms in total. The molecule has 1 N–H and O–H groups in total. The normalized spacial score (nSPS) is 14.8. The Morgan fingerprint density at radius 1 is 1.27 bits per heavy atom. The van der Waals surface area contributed by atoms with Crippen LogP contribution in [0.2, 0.25) is 5.02 Å². The SMILES string of the molecule is Cc1c(C(=O)N2CCN(c3cccc(Cl)c3)CC2)sc2nc[nH]c(=O)c12. The van der Waals surface area contributed by atoms with Gasteiger partial charge >= 0.3 is 0 Å². The summed E-state index contributed by atoms with van der Waals surface area (Å²) in [6.45, 7) is 4.56. The maximum atomic E-state index is 13.0. The Bertz CT molecular complexity index is 1040. The van der Waals surface area contributed by atoms with E-state index in [-0.39, 0.29) is 11.5 Å². The Morgan fingerprint density at radius 2 is 2.04 bits per heavy atom. The highest BCUT2D eigenvalue weighted by molar-refractivity contribution is 7.20. The number of aromatic amines is 1. The number of nitrogens with one attached hydrogen (secondary N) is 1. The van der Waals surface area contributed by atoms with Gasteiger partial charge < -0.3 is 14.8 Å². The third kappa shape index (κ3) is 2.97. The minimum atomic E-state index is -0.200. The number of hydrogen-bond acceptors (Lipinski definition) is 5. The Morgan fingerprint density at radius 3 is 2.73 bits per heavy atom. The lowest BCUT2D eigenvalue weighted by atomic mass is 10.2. The zero-order valence-electron chi connectivity index (χ0n) is 14.2. The largest absolute Gasteiger partial charge is 0.368 e. The van der Waals surface area contributed by atoms with Crippen LogP contribution in [0.1, 0.15) is 15.2 Å². The molecule has 1 aliphatic heterocycles. The summed E-state index contributed by atoms with van der Waals surface area (Å²) in [6, 6.07) is 7.75. The number of carbonyl (C=O) groups excluding carboxylic acids is 1. The van der Waals surface area contributed by atoms with Gasteiger partial charge in [-0.1, -0.05) is 17.7 Å². The van der Waals surface area contributed by atoms with Crippen LogP contribution >= 0.6 is 22.9 Å². The number of anilines is 1.